The van der Waals surface area contributed by atoms with Crippen molar-refractivity contribution in [1.29, 1.82) is 0 Å². The molecule has 2 heterocycles. The van der Waals surface area contributed by atoms with Crippen LogP contribution in [-0.4, -0.2) is 23.3 Å². The number of nitrogens with one attached hydrogen (secondary N) is 2. The Balaban J connectivity index is 1.60. The fraction of sp³-hybridized carbons (Fsp3) is 0.357. The summed E-state index contributed by atoms with van der Waals surface area (Å²) in [5.74, 6) is 0. The molecule has 18 heavy (non-hydrogen) atoms. The summed E-state index contributed by atoms with van der Waals surface area (Å²) in [5, 5.41) is 10.2. The molecule has 2 N–H and O–H groups in total. The molecule has 2 aromatic rings. The van der Waals surface area contributed by atoms with Gasteiger partial charge in [0.1, 0.15) is 0 Å². The molecule has 0 radical (unpaired) electrons. The van der Waals surface area contributed by atoms with Crippen LogP contribution in [0.4, 0.5) is 11.4 Å². The Morgan fingerprint density at radius 3 is 2.56 bits per heavy atom. The van der Waals surface area contributed by atoms with Gasteiger partial charge in [-0.1, -0.05) is 0 Å². The fourth-order valence-corrected chi connectivity index (χ4v) is 2.35. The predicted octanol–water partition coefficient (Wildman–Crippen LogP) is 2.62. The van der Waals surface area contributed by atoms with Crippen LogP contribution >= 0.6 is 0 Å². The van der Waals surface area contributed by atoms with Crippen molar-refractivity contribution in [3.63, 3.8) is 0 Å². The summed E-state index contributed by atoms with van der Waals surface area (Å²) in [6.07, 6.45) is 4.41. The number of nitrogens with zero attached hydrogens (tertiary/aromatic N) is 2. The van der Waals surface area contributed by atoms with E-state index in [0.717, 1.165) is 17.9 Å². The predicted molar refractivity (Wildman–Crippen MR) is 73.8 cm³/mol. The molecule has 1 aromatic carbocycles. The highest BCUT2D eigenvalue weighted by Gasteiger charge is 2.11. The first-order valence-corrected chi connectivity index (χ1v) is 6.49. The summed E-state index contributed by atoms with van der Waals surface area (Å²) >= 11 is 0. The lowest BCUT2D eigenvalue weighted by Gasteiger charge is -2.17. The van der Waals surface area contributed by atoms with Crippen LogP contribution in [0.15, 0.2) is 36.5 Å². The standard InChI is InChI=1S/C14H18N4/c1-2-10-18(9-1)14-5-3-12(4-6-14)15-11-13-7-8-16-17-13/h3-8,15H,1-2,9-11H2,(H,16,17). The van der Waals surface area contributed by atoms with Gasteiger partial charge in [-0.15, -0.1) is 0 Å². The minimum atomic E-state index is 0.781. The summed E-state index contributed by atoms with van der Waals surface area (Å²) in [6.45, 7) is 3.17. The molecule has 0 unspecified atom stereocenters. The Morgan fingerprint density at radius 1 is 1.11 bits per heavy atom. The van der Waals surface area contributed by atoms with Gasteiger partial charge < -0.3 is 10.2 Å². The van der Waals surface area contributed by atoms with Crippen LogP contribution in [0.1, 0.15) is 18.5 Å². The number of anilines is 2. The zero-order chi connectivity index (χ0) is 12.2. The Labute approximate surface area is 107 Å². The van der Waals surface area contributed by atoms with E-state index in [9.17, 15) is 0 Å². The number of hydrogen-bond donors (Lipinski definition) is 2. The van der Waals surface area contributed by atoms with Gasteiger partial charge in [-0.2, -0.15) is 5.10 Å². The molecule has 1 saturated heterocycles. The summed E-state index contributed by atoms with van der Waals surface area (Å²) in [4.78, 5) is 2.44. The van der Waals surface area contributed by atoms with Crippen LogP contribution in [0.2, 0.25) is 0 Å². The SMILES string of the molecule is c1cc(CNc2ccc(N3CCCC3)cc2)[nH]n1. The molecule has 1 fully saturated rings. The molecular weight excluding hydrogens is 224 g/mol. The van der Waals surface area contributed by atoms with Crippen molar-refractivity contribution in [2.75, 3.05) is 23.3 Å². The summed E-state index contributed by atoms with van der Waals surface area (Å²) in [5.41, 5.74) is 3.57. The highest BCUT2D eigenvalue weighted by Crippen LogP contribution is 2.22. The molecule has 0 saturated carbocycles. The molecule has 4 heteroatoms. The first-order valence-electron chi connectivity index (χ1n) is 6.49. The number of hydrogen-bond acceptors (Lipinski definition) is 3. The Morgan fingerprint density at radius 2 is 1.89 bits per heavy atom. The lowest BCUT2D eigenvalue weighted by Crippen LogP contribution is -2.17. The molecule has 0 bridgehead atoms. The average molecular weight is 242 g/mol. The quantitative estimate of drug-likeness (QED) is 0.866. The maximum absolute atomic E-state index is 3.93. The van der Waals surface area contributed by atoms with Gasteiger partial charge in [0.15, 0.2) is 0 Å². The van der Waals surface area contributed by atoms with E-state index in [4.69, 9.17) is 0 Å². The van der Waals surface area contributed by atoms with E-state index in [0.29, 0.717) is 0 Å². The fourth-order valence-electron chi connectivity index (χ4n) is 2.35. The van der Waals surface area contributed by atoms with Gasteiger partial charge in [-0.05, 0) is 43.2 Å². The first-order chi connectivity index (χ1) is 8.92. The molecule has 1 aliphatic rings. The van der Waals surface area contributed by atoms with E-state index in [1.54, 1.807) is 6.20 Å². The second-order valence-corrected chi connectivity index (χ2v) is 4.68. The highest BCUT2D eigenvalue weighted by molar-refractivity contribution is 5.55. The van der Waals surface area contributed by atoms with Gasteiger partial charge in [0.05, 0.1) is 12.2 Å². The molecule has 3 rings (SSSR count). The van der Waals surface area contributed by atoms with Crippen LogP contribution in [0.25, 0.3) is 0 Å². The minimum Gasteiger partial charge on any atom is -0.379 e. The van der Waals surface area contributed by atoms with Crippen LogP contribution < -0.4 is 10.2 Å². The van der Waals surface area contributed by atoms with E-state index in [1.165, 1.54) is 31.6 Å². The number of aromatic nitrogens is 2. The molecule has 1 aromatic heterocycles. The Kier molecular flexibility index (Phi) is 3.17. The highest BCUT2D eigenvalue weighted by atomic mass is 15.1. The van der Waals surface area contributed by atoms with E-state index in [1.807, 2.05) is 6.07 Å². The maximum atomic E-state index is 3.93. The van der Waals surface area contributed by atoms with Gasteiger partial charge in [-0.25, -0.2) is 0 Å². The Hall–Kier alpha value is -1.97. The minimum absolute atomic E-state index is 0.781. The van der Waals surface area contributed by atoms with Crippen molar-refractivity contribution in [3.8, 4) is 0 Å². The smallest absolute Gasteiger partial charge is 0.0567 e. The van der Waals surface area contributed by atoms with E-state index in [-0.39, 0.29) is 0 Å². The lowest BCUT2D eigenvalue weighted by molar-refractivity contribution is 0.949. The first kappa shape index (κ1) is 11.1. The second-order valence-electron chi connectivity index (χ2n) is 4.68. The van der Waals surface area contributed by atoms with Crippen molar-refractivity contribution in [1.82, 2.24) is 10.2 Å². The van der Waals surface area contributed by atoms with Gasteiger partial charge >= 0.3 is 0 Å². The monoisotopic (exact) mass is 242 g/mol. The van der Waals surface area contributed by atoms with Gasteiger partial charge in [0.2, 0.25) is 0 Å². The van der Waals surface area contributed by atoms with Crippen molar-refractivity contribution in [2.45, 2.75) is 19.4 Å². The third-order valence-corrected chi connectivity index (χ3v) is 3.38. The molecule has 1 aliphatic heterocycles. The van der Waals surface area contributed by atoms with Crippen molar-refractivity contribution in [2.24, 2.45) is 0 Å². The molecule has 0 atom stereocenters. The van der Waals surface area contributed by atoms with Gasteiger partial charge in [-0.3, -0.25) is 5.10 Å². The third-order valence-electron chi connectivity index (χ3n) is 3.38. The zero-order valence-corrected chi connectivity index (χ0v) is 10.4. The van der Waals surface area contributed by atoms with Crippen molar-refractivity contribution in [3.05, 3.63) is 42.2 Å². The average Bonchev–Trinajstić information content (AvgIpc) is 3.10. The summed E-state index contributed by atoms with van der Waals surface area (Å²) in [6, 6.07) is 10.7. The van der Waals surface area contributed by atoms with E-state index < -0.39 is 0 Å². The van der Waals surface area contributed by atoms with Gasteiger partial charge in [0.25, 0.3) is 0 Å². The summed E-state index contributed by atoms with van der Waals surface area (Å²) < 4.78 is 0. The number of rotatable bonds is 4. The largest absolute Gasteiger partial charge is 0.379 e. The van der Waals surface area contributed by atoms with Crippen LogP contribution in [-0.2, 0) is 6.54 Å². The molecule has 4 nitrogen and oxygen atoms in total. The summed E-state index contributed by atoms with van der Waals surface area (Å²) in [7, 11) is 0. The number of H-pyrrole nitrogens is 1. The zero-order valence-electron chi connectivity index (χ0n) is 10.4. The molecular formula is C14H18N4. The van der Waals surface area contributed by atoms with Crippen molar-refractivity contribution >= 4 is 11.4 Å². The van der Waals surface area contributed by atoms with E-state index in [2.05, 4.69) is 44.7 Å². The molecule has 0 spiro atoms. The molecule has 0 aliphatic carbocycles. The van der Waals surface area contributed by atoms with Crippen LogP contribution in [0.5, 0.6) is 0 Å². The van der Waals surface area contributed by atoms with Crippen LogP contribution in [0.3, 0.4) is 0 Å². The number of benzene rings is 1. The van der Waals surface area contributed by atoms with Crippen LogP contribution in [0, 0.1) is 0 Å². The molecule has 0 amide bonds. The number of aromatic amines is 1. The van der Waals surface area contributed by atoms with E-state index >= 15 is 0 Å². The van der Waals surface area contributed by atoms with Crippen molar-refractivity contribution < 1.29 is 0 Å². The lowest BCUT2D eigenvalue weighted by atomic mass is 10.2. The second kappa shape index (κ2) is 5.12. The normalized spacial score (nSPS) is 15.0. The molecule has 94 valence electrons. The topological polar surface area (TPSA) is 44.0 Å². The maximum Gasteiger partial charge on any atom is 0.0567 e. The van der Waals surface area contributed by atoms with Gasteiger partial charge in [0, 0.05) is 30.7 Å². The Bertz CT molecular complexity index is 469. The third kappa shape index (κ3) is 2.47.